The molecular formula is C17H25N3O2S. The van der Waals surface area contributed by atoms with Crippen LogP contribution < -0.4 is 0 Å². The van der Waals surface area contributed by atoms with E-state index in [-0.39, 0.29) is 17.9 Å². The molecule has 2 amide bonds. The molecule has 0 aromatic carbocycles. The van der Waals surface area contributed by atoms with Gasteiger partial charge in [0.2, 0.25) is 5.91 Å². The topological polar surface area (TPSA) is 43.9 Å². The molecule has 0 radical (unpaired) electrons. The van der Waals surface area contributed by atoms with E-state index in [1.807, 2.05) is 27.3 Å². The van der Waals surface area contributed by atoms with Gasteiger partial charge in [-0.15, -0.1) is 11.3 Å². The van der Waals surface area contributed by atoms with Gasteiger partial charge in [-0.25, -0.2) is 0 Å². The SMILES string of the molecule is CN1CCCN(C(=O)C2CCCCN2C(=O)c2cccs2)CC1. The Bertz CT molecular complexity index is 546. The van der Waals surface area contributed by atoms with Crippen LogP contribution in [0.25, 0.3) is 0 Å². The predicted molar refractivity (Wildman–Crippen MR) is 91.7 cm³/mol. The second-order valence-electron chi connectivity index (χ2n) is 6.47. The van der Waals surface area contributed by atoms with Crippen molar-refractivity contribution in [2.24, 2.45) is 0 Å². The molecule has 0 saturated carbocycles. The summed E-state index contributed by atoms with van der Waals surface area (Å²) < 4.78 is 0. The van der Waals surface area contributed by atoms with Crippen LogP contribution >= 0.6 is 11.3 Å². The predicted octanol–water partition coefficient (Wildman–Crippen LogP) is 1.91. The van der Waals surface area contributed by atoms with Gasteiger partial charge in [0.1, 0.15) is 6.04 Å². The van der Waals surface area contributed by atoms with Crippen LogP contribution in [0.2, 0.25) is 0 Å². The van der Waals surface area contributed by atoms with Crippen molar-refractivity contribution in [3.8, 4) is 0 Å². The van der Waals surface area contributed by atoms with Crippen molar-refractivity contribution in [2.45, 2.75) is 31.7 Å². The minimum absolute atomic E-state index is 0.0185. The van der Waals surface area contributed by atoms with Crippen molar-refractivity contribution in [2.75, 3.05) is 39.8 Å². The zero-order valence-corrected chi connectivity index (χ0v) is 14.6. The second kappa shape index (κ2) is 7.45. The Balaban J connectivity index is 1.72. The lowest BCUT2D eigenvalue weighted by Crippen LogP contribution is -2.53. The number of thiophene rings is 1. The highest BCUT2D eigenvalue weighted by Gasteiger charge is 2.35. The van der Waals surface area contributed by atoms with E-state index in [1.54, 1.807) is 0 Å². The van der Waals surface area contributed by atoms with Gasteiger partial charge in [-0.3, -0.25) is 9.59 Å². The molecule has 126 valence electrons. The minimum atomic E-state index is -0.276. The third-order valence-electron chi connectivity index (χ3n) is 4.81. The van der Waals surface area contributed by atoms with Gasteiger partial charge in [0.05, 0.1) is 4.88 Å². The van der Waals surface area contributed by atoms with Crippen molar-refractivity contribution in [1.29, 1.82) is 0 Å². The van der Waals surface area contributed by atoms with Gasteiger partial charge in [0.15, 0.2) is 0 Å². The average molecular weight is 335 g/mol. The fourth-order valence-electron chi connectivity index (χ4n) is 3.45. The number of rotatable bonds is 2. The number of piperidine rings is 1. The Hall–Kier alpha value is -1.40. The van der Waals surface area contributed by atoms with Gasteiger partial charge in [0.25, 0.3) is 5.91 Å². The van der Waals surface area contributed by atoms with Crippen LogP contribution in [0.4, 0.5) is 0 Å². The fourth-order valence-corrected chi connectivity index (χ4v) is 4.13. The molecule has 0 bridgehead atoms. The molecule has 1 aromatic rings. The summed E-state index contributed by atoms with van der Waals surface area (Å²) in [5.41, 5.74) is 0. The van der Waals surface area contributed by atoms with E-state index in [0.29, 0.717) is 6.54 Å². The van der Waals surface area contributed by atoms with E-state index in [0.717, 1.165) is 56.7 Å². The molecule has 5 nitrogen and oxygen atoms in total. The van der Waals surface area contributed by atoms with E-state index in [1.165, 1.54) is 11.3 Å². The number of hydrogen-bond acceptors (Lipinski definition) is 4. The van der Waals surface area contributed by atoms with Crippen LogP contribution in [0.3, 0.4) is 0 Å². The van der Waals surface area contributed by atoms with E-state index >= 15 is 0 Å². The largest absolute Gasteiger partial charge is 0.340 e. The maximum atomic E-state index is 13.0. The van der Waals surface area contributed by atoms with Crippen molar-refractivity contribution >= 4 is 23.2 Å². The van der Waals surface area contributed by atoms with Crippen molar-refractivity contribution in [1.82, 2.24) is 14.7 Å². The molecule has 1 unspecified atom stereocenters. The number of carbonyl (C=O) groups is 2. The van der Waals surface area contributed by atoms with Crippen molar-refractivity contribution in [3.63, 3.8) is 0 Å². The number of carbonyl (C=O) groups excluding carboxylic acids is 2. The van der Waals surface area contributed by atoms with E-state index in [4.69, 9.17) is 0 Å². The molecule has 6 heteroatoms. The van der Waals surface area contributed by atoms with Crippen molar-refractivity contribution in [3.05, 3.63) is 22.4 Å². The molecule has 1 atom stereocenters. The monoisotopic (exact) mass is 335 g/mol. The lowest BCUT2D eigenvalue weighted by atomic mass is 10.0. The summed E-state index contributed by atoms with van der Waals surface area (Å²) in [5, 5.41) is 1.92. The molecule has 3 heterocycles. The number of likely N-dealkylation sites (N-methyl/N-ethyl adjacent to an activating group) is 1. The third-order valence-corrected chi connectivity index (χ3v) is 5.67. The van der Waals surface area contributed by atoms with Crippen LogP contribution in [0.5, 0.6) is 0 Å². The van der Waals surface area contributed by atoms with Gasteiger partial charge >= 0.3 is 0 Å². The molecule has 0 N–H and O–H groups in total. The molecule has 0 spiro atoms. The number of amides is 2. The summed E-state index contributed by atoms with van der Waals surface area (Å²) in [4.78, 5) is 32.5. The number of hydrogen-bond donors (Lipinski definition) is 0. The van der Waals surface area contributed by atoms with Gasteiger partial charge in [-0.2, -0.15) is 0 Å². The van der Waals surface area contributed by atoms with E-state index in [9.17, 15) is 9.59 Å². The quantitative estimate of drug-likeness (QED) is 0.829. The molecule has 2 fully saturated rings. The van der Waals surface area contributed by atoms with Crippen LogP contribution in [0.15, 0.2) is 17.5 Å². The fraction of sp³-hybridized carbons (Fsp3) is 0.647. The van der Waals surface area contributed by atoms with Crippen molar-refractivity contribution < 1.29 is 9.59 Å². The molecular weight excluding hydrogens is 310 g/mol. The maximum absolute atomic E-state index is 13.0. The first-order valence-electron chi connectivity index (χ1n) is 8.48. The molecule has 2 aliphatic rings. The molecule has 2 aliphatic heterocycles. The Morgan fingerprint density at radius 1 is 1.09 bits per heavy atom. The zero-order valence-electron chi connectivity index (χ0n) is 13.7. The van der Waals surface area contributed by atoms with Crippen LogP contribution in [0.1, 0.15) is 35.4 Å². The lowest BCUT2D eigenvalue weighted by molar-refractivity contribution is -0.137. The highest BCUT2D eigenvalue weighted by Crippen LogP contribution is 2.23. The average Bonchev–Trinajstić information content (AvgIpc) is 3.03. The first-order valence-corrected chi connectivity index (χ1v) is 9.36. The second-order valence-corrected chi connectivity index (χ2v) is 7.42. The summed E-state index contributed by atoms with van der Waals surface area (Å²) >= 11 is 1.45. The van der Waals surface area contributed by atoms with Crippen LogP contribution in [0, 0.1) is 0 Å². The lowest BCUT2D eigenvalue weighted by Gasteiger charge is -2.37. The highest BCUT2D eigenvalue weighted by molar-refractivity contribution is 7.12. The van der Waals surface area contributed by atoms with Crippen LogP contribution in [-0.2, 0) is 4.79 Å². The zero-order chi connectivity index (χ0) is 16.2. The third kappa shape index (κ3) is 3.75. The van der Waals surface area contributed by atoms with Gasteiger partial charge in [0, 0.05) is 26.2 Å². The summed E-state index contributed by atoms with van der Waals surface area (Å²) in [7, 11) is 2.10. The Morgan fingerprint density at radius 2 is 1.96 bits per heavy atom. The summed E-state index contributed by atoms with van der Waals surface area (Å²) in [6, 6.07) is 3.47. The normalized spacial score (nSPS) is 23.6. The molecule has 23 heavy (non-hydrogen) atoms. The summed E-state index contributed by atoms with van der Waals surface area (Å²) in [5.74, 6) is 0.162. The Labute approximate surface area is 141 Å². The number of nitrogens with zero attached hydrogens (tertiary/aromatic N) is 3. The molecule has 1 aromatic heterocycles. The standard InChI is InChI=1S/C17H25N3O2S/c1-18-8-5-9-19(12-11-18)16(21)14-6-2-3-10-20(14)17(22)15-7-4-13-23-15/h4,7,13-14H,2-3,5-6,8-12H2,1H3. The molecule has 3 rings (SSSR count). The van der Waals surface area contributed by atoms with Gasteiger partial charge < -0.3 is 14.7 Å². The maximum Gasteiger partial charge on any atom is 0.264 e. The molecule has 0 aliphatic carbocycles. The summed E-state index contributed by atoms with van der Waals surface area (Å²) in [6.07, 6.45) is 3.82. The van der Waals surface area contributed by atoms with Gasteiger partial charge in [-0.1, -0.05) is 6.07 Å². The minimum Gasteiger partial charge on any atom is -0.340 e. The van der Waals surface area contributed by atoms with E-state index < -0.39 is 0 Å². The Morgan fingerprint density at radius 3 is 2.74 bits per heavy atom. The smallest absolute Gasteiger partial charge is 0.264 e. The van der Waals surface area contributed by atoms with E-state index in [2.05, 4.69) is 11.9 Å². The highest BCUT2D eigenvalue weighted by atomic mass is 32.1. The first kappa shape index (κ1) is 16.5. The number of likely N-dealkylation sites (tertiary alicyclic amines) is 1. The molecule has 2 saturated heterocycles. The summed E-state index contributed by atoms with van der Waals surface area (Å²) in [6.45, 7) is 4.22. The first-order chi connectivity index (χ1) is 11.2. The Kier molecular flexibility index (Phi) is 5.33. The van der Waals surface area contributed by atoms with Crippen LogP contribution in [-0.4, -0.2) is 72.3 Å². The van der Waals surface area contributed by atoms with Gasteiger partial charge in [-0.05, 0) is 50.7 Å².